The van der Waals surface area contributed by atoms with Crippen molar-refractivity contribution in [1.82, 2.24) is 15.2 Å². The van der Waals surface area contributed by atoms with E-state index in [0.29, 0.717) is 23.8 Å². The van der Waals surface area contributed by atoms with Gasteiger partial charge in [-0.05, 0) is 37.7 Å². The van der Waals surface area contributed by atoms with Crippen LogP contribution in [0.15, 0.2) is 18.5 Å². The minimum Gasteiger partial charge on any atom is -0.492 e. The van der Waals surface area contributed by atoms with Gasteiger partial charge in [-0.15, -0.1) is 24.8 Å². The van der Waals surface area contributed by atoms with Gasteiger partial charge in [0.2, 0.25) is 0 Å². The third kappa shape index (κ3) is 5.49. The minimum absolute atomic E-state index is 0. The van der Waals surface area contributed by atoms with E-state index in [1.54, 1.807) is 18.5 Å². The molecular formula is C17H26Cl2N4O. The summed E-state index contributed by atoms with van der Waals surface area (Å²) < 4.78 is 5.86. The van der Waals surface area contributed by atoms with Crippen molar-refractivity contribution >= 4 is 24.8 Å². The van der Waals surface area contributed by atoms with E-state index in [1.807, 2.05) is 0 Å². The van der Waals surface area contributed by atoms with Gasteiger partial charge < -0.3 is 10.1 Å². The monoisotopic (exact) mass is 372 g/mol. The summed E-state index contributed by atoms with van der Waals surface area (Å²) in [4.78, 5) is 6.60. The van der Waals surface area contributed by atoms with Crippen molar-refractivity contribution in [3.05, 3.63) is 24.0 Å². The molecule has 1 aliphatic heterocycles. The molecule has 0 bridgehead atoms. The Morgan fingerprint density at radius 2 is 1.92 bits per heavy atom. The summed E-state index contributed by atoms with van der Waals surface area (Å²) in [7, 11) is 0. The lowest BCUT2D eigenvalue weighted by atomic mass is 9.85. The number of nitrogens with zero attached hydrogens (tertiary/aromatic N) is 3. The van der Waals surface area contributed by atoms with Gasteiger partial charge in [0.05, 0.1) is 6.61 Å². The SMILES string of the molecule is Cl.Cl.N#Cc1cnccc1OC[C@H]1CC[C@H](N2CCNCC2)CC1. The van der Waals surface area contributed by atoms with Crippen molar-refractivity contribution in [2.24, 2.45) is 5.92 Å². The summed E-state index contributed by atoms with van der Waals surface area (Å²) in [6.07, 6.45) is 8.24. The predicted octanol–water partition coefficient (Wildman–Crippen LogP) is 2.64. The number of ether oxygens (including phenoxy) is 1. The fourth-order valence-corrected chi connectivity index (χ4v) is 3.52. The Morgan fingerprint density at radius 3 is 2.58 bits per heavy atom. The highest BCUT2D eigenvalue weighted by Crippen LogP contribution is 2.28. The molecule has 3 rings (SSSR count). The maximum absolute atomic E-state index is 9.05. The molecule has 2 aliphatic rings. The molecule has 1 aromatic heterocycles. The Labute approximate surface area is 156 Å². The van der Waals surface area contributed by atoms with Crippen LogP contribution in [0.1, 0.15) is 31.2 Å². The molecule has 5 nitrogen and oxygen atoms in total. The molecule has 0 atom stereocenters. The minimum atomic E-state index is 0. The van der Waals surface area contributed by atoms with Gasteiger partial charge in [0, 0.05) is 44.6 Å². The fraction of sp³-hybridized carbons (Fsp3) is 0.647. The van der Waals surface area contributed by atoms with Gasteiger partial charge in [-0.1, -0.05) is 0 Å². The molecule has 2 heterocycles. The second-order valence-corrected chi connectivity index (χ2v) is 6.26. The molecule has 2 fully saturated rings. The summed E-state index contributed by atoms with van der Waals surface area (Å²) in [5, 5.41) is 12.5. The van der Waals surface area contributed by atoms with E-state index in [9.17, 15) is 0 Å². The number of aromatic nitrogens is 1. The number of halogens is 2. The fourth-order valence-electron chi connectivity index (χ4n) is 3.52. The van der Waals surface area contributed by atoms with Gasteiger partial charge in [-0.3, -0.25) is 9.88 Å². The molecule has 1 saturated carbocycles. The molecular weight excluding hydrogens is 347 g/mol. The van der Waals surface area contributed by atoms with E-state index >= 15 is 0 Å². The Kier molecular flexibility index (Phi) is 9.38. The molecule has 7 heteroatoms. The Hall–Kier alpha value is -1.06. The molecule has 1 aromatic rings. The number of pyridine rings is 1. The van der Waals surface area contributed by atoms with Crippen LogP contribution in [0.5, 0.6) is 5.75 Å². The van der Waals surface area contributed by atoms with Crippen molar-refractivity contribution in [3.8, 4) is 11.8 Å². The van der Waals surface area contributed by atoms with Crippen molar-refractivity contribution in [2.75, 3.05) is 32.8 Å². The first-order chi connectivity index (χ1) is 10.9. The number of hydrogen-bond acceptors (Lipinski definition) is 5. The van der Waals surface area contributed by atoms with Crippen LogP contribution in [-0.4, -0.2) is 48.7 Å². The van der Waals surface area contributed by atoms with Gasteiger partial charge in [-0.25, -0.2) is 0 Å². The van der Waals surface area contributed by atoms with Gasteiger partial charge in [-0.2, -0.15) is 5.26 Å². The van der Waals surface area contributed by atoms with E-state index in [0.717, 1.165) is 19.1 Å². The summed E-state index contributed by atoms with van der Waals surface area (Å²) in [5.74, 6) is 1.28. The van der Waals surface area contributed by atoms with Gasteiger partial charge in [0.15, 0.2) is 0 Å². The Morgan fingerprint density at radius 1 is 1.21 bits per heavy atom. The molecule has 1 saturated heterocycles. The lowest BCUT2D eigenvalue weighted by Crippen LogP contribution is -2.49. The molecule has 0 amide bonds. The number of rotatable bonds is 4. The molecule has 0 unspecified atom stereocenters. The zero-order valence-electron chi connectivity index (χ0n) is 13.8. The van der Waals surface area contributed by atoms with E-state index in [2.05, 4.69) is 21.3 Å². The van der Waals surface area contributed by atoms with E-state index in [4.69, 9.17) is 10.00 Å². The topological polar surface area (TPSA) is 61.2 Å². The zero-order chi connectivity index (χ0) is 15.2. The molecule has 0 spiro atoms. The predicted molar refractivity (Wildman–Crippen MR) is 99.1 cm³/mol. The highest BCUT2D eigenvalue weighted by Gasteiger charge is 2.26. The molecule has 134 valence electrons. The number of hydrogen-bond donors (Lipinski definition) is 1. The first kappa shape index (κ1) is 21.0. The smallest absolute Gasteiger partial charge is 0.140 e. The standard InChI is InChI=1S/C17H24N4O.2ClH/c18-11-15-12-20-6-5-17(15)22-13-14-1-3-16(4-2-14)21-9-7-19-8-10-21;;/h5-6,12,14,16,19H,1-4,7-10,13H2;2*1H/t14-,16-;;. The second-order valence-electron chi connectivity index (χ2n) is 6.26. The summed E-state index contributed by atoms with van der Waals surface area (Å²) in [6.45, 7) is 5.35. The summed E-state index contributed by atoms with van der Waals surface area (Å²) in [6, 6.07) is 4.67. The van der Waals surface area contributed by atoms with Gasteiger partial charge >= 0.3 is 0 Å². The highest BCUT2D eigenvalue weighted by atomic mass is 35.5. The van der Waals surface area contributed by atoms with Crippen LogP contribution in [0.25, 0.3) is 0 Å². The second kappa shape index (κ2) is 10.7. The van der Waals surface area contributed by atoms with Crippen LogP contribution >= 0.6 is 24.8 Å². The van der Waals surface area contributed by atoms with Crippen LogP contribution in [0, 0.1) is 17.2 Å². The average Bonchev–Trinajstić information content (AvgIpc) is 2.61. The molecule has 24 heavy (non-hydrogen) atoms. The largest absolute Gasteiger partial charge is 0.492 e. The first-order valence-corrected chi connectivity index (χ1v) is 8.28. The average molecular weight is 373 g/mol. The van der Waals surface area contributed by atoms with Crippen LogP contribution in [0.4, 0.5) is 0 Å². The summed E-state index contributed by atoms with van der Waals surface area (Å²) in [5.41, 5.74) is 0.525. The molecule has 0 aromatic carbocycles. The molecule has 0 radical (unpaired) electrons. The van der Waals surface area contributed by atoms with Crippen LogP contribution in [-0.2, 0) is 0 Å². The van der Waals surface area contributed by atoms with Crippen molar-refractivity contribution in [3.63, 3.8) is 0 Å². The van der Waals surface area contributed by atoms with E-state index < -0.39 is 0 Å². The Bertz CT molecular complexity index is 524. The third-order valence-electron chi connectivity index (χ3n) is 4.86. The van der Waals surface area contributed by atoms with E-state index in [1.165, 1.54) is 38.8 Å². The van der Waals surface area contributed by atoms with Crippen molar-refractivity contribution in [2.45, 2.75) is 31.7 Å². The maximum Gasteiger partial charge on any atom is 0.140 e. The van der Waals surface area contributed by atoms with Crippen molar-refractivity contribution in [1.29, 1.82) is 5.26 Å². The molecule has 1 aliphatic carbocycles. The lowest BCUT2D eigenvalue weighted by Gasteiger charge is -2.39. The van der Waals surface area contributed by atoms with Crippen LogP contribution in [0.2, 0.25) is 0 Å². The third-order valence-corrected chi connectivity index (χ3v) is 4.86. The van der Waals surface area contributed by atoms with Crippen molar-refractivity contribution < 1.29 is 4.74 Å². The van der Waals surface area contributed by atoms with Crippen LogP contribution in [0.3, 0.4) is 0 Å². The number of nitrogens with one attached hydrogen (secondary N) is 1. The maximum atomic E-state index is 9.05. The lowest BCUT2D eigenvalue weighted by molar-refractivity contribution is 0.105. The van der Waals surface area contributed by atoms with E-state index in [-0.39, 0.29) is 24.8 Å². The van der Waals surface area contributed by atoms with Crippen LogP contribution < -0.4 is 10.1 Å². The first-order valence-electron chi connectivity index (χ1n) is 8.28. The number of nitriles is 1. The number of piperazine rings is 1. The Balaban J connectivity index is 0.00000144. The molecule has 1 N–H and O–H groups in total. The summed E-state index contributed by atoms with van der Waals surface area (Å²) >= 11 is 0. The van der Waals surface area contributed by atoms with Gasteiger partial charge in [0.1, 0.15) is 17.4 Å². The zero-order valence-corrected chi connectivity index (χ0v) is 15.5. The van der Waals surface area contributed by atoms with Gasteiger partial charge in [0.25, 0.3) is 0 Å². The highest BCUT2D eigenvalue weighted by molar-refractivity contribution is 5.85. The normalized spacial score (nSPS) is 24.1. The quantitative estimate of drug-likeness (QED) is 0.879.